The van der Waals surface area contributed by atoms with Crippen LogP contribution in [0.3, 0.4) is 0 Å². The van der Waals surface area contributed by atoms with Crippen LogP contribution in [0.4, 0.5) is 0 Å². The lowest BCUT2D eigenvalue weighted by Crippen LogP contribution is -2.16. The lowest BCUT2D eigenvalue weighted by molar-refractivity contribution is -0.143. The molecule has 0 fully saturated rings. The van der Waals surface area contributed by atoms with Crippen LogP contribution in [0, 0.1) is 0 Å². The van der Waals surface area contributed by atoms with Gasteiger partial charge in [0.15, 0.2) is 0 Å². The van der Waals surface area contributed by atoms with Crippen LogP contribution in [-0.4, -0.2) is 24.7 Å². The summed E-state index contributed by atoms with van der Waals surface area (Å²) in [5.41, 5.74) is 0.593. The molecule has 0 amide bonds. The van der Waals surface area contributed by atoms with Crippen LogP contribution in [0.15, 0.2) is 30.3 Å². The van der Waals surface area contributed by atoms with Crippen molar-refractivity contribution in [1.29, 1.82) is 0 Å². The maximum Gasteiger partial charge on any atom is 0.561 e. The van der Waals surface area contributed by atoms with Crippen molar-refractivity contribution >= 4 is 25.6 Å². The van der Waals surface area contributed by atoms with Gasteiger partial charge in [-0.2, -0.15) is 0 Å². The lowest BCUT2D eigenvalue weighted by Gasteiger charge is -2.13. The summed E-state index contributed by atoms with van der Waals surface area (Å²) in [5.74, 6) is -1.95. The minimum absolute atomic E-state index is 0.309. The minimum Gasteiger partial charge on any atom is -0.409 e. The molecule has 0 aliphatic rings. The molecule has 5 nitrogen and oxygen atoms in total. The Morgan fingerprint density at radius 2 is 1.96 bits per heavy atom. The molecule has 3 unspecified atom stereocenters. The highest BCUT2D eigenvalue weighted by Crippen LogP contribution is 2.44. The Hall–Kier alpha value is -1.00. The Morgan fingerprint density at radius 3 is 2.52 bits per heavy atom. The zero-order chi connectivity index (χ0) is 17.1. The number of unbranched alkanes of at least 4 members (excludes halogenated alkanes) is 1. The van der Waals surface area contributed by atoms with Gasteiger partial charge in [-0.3, -0.25) is 4.79 Å². The van der Waals surface area contributed by atoms with Crippen LogP contribution < -0.4 is 0 Å². The monoisotopic (exact) mass is 361 g/mol. The molecule has 128 valence electrons. The van der Waals surface area contributed by atoms with E-state index in [0.717, 1.165) is 12.8 Å². The first-order chi connectivity index (χ1) is 11.1. The second kappa shape index (κ2) is 11.5. The van der Waals surface area contributed by atoms with Gasteiger partial charge in [0.25, 0.3) is 0 Å². The zero-order valence-corrected chi connectivity index (χ0v) is 15.1. The largest absolute Gasteiger partial charge is 0.561 e. The van der Waals surface area contributed by atoms with E-state index in [4.69, 9.17) is 25.6 Å². The third-order valence-corrected chi connectivity index (χ3v) is 4.43. The molecule has 0 aliphatic heterocycles. The van der Waals surface area contributed by atoms with Gasteiger partial charge in [-0.05, 0) is 11.0 Å². The number of hydrogen-bond acceptors (Lipinski definition) is 5. The number of ether oxygens (including phenoxy) is 2. The van der Waals surface area contributed by atoms with Gasteiger partial charge in [0.2, 0.25) is 6.29 Å². The predicted octanol–water partition coefficient (Wildman–Crippen LogP) is 4.78. The molecule has 0 aromatic heterocycles. The molecule has 0 radical (unpaired) electrons. The first kappa shape index (κ1) is 20.0. The van der Waals surface area contributed by atoms with Crippen LogP contribution in [0.25, 0.3) is 0 Å². The molecule has 1 aromatic carbocycles. The Labute approximate surface area is 143 Å². The molecular weight excluding hydrogens is 339 g/mol. The van der Waals surface area contributed by atoms with E-state index in [1.54, 1.807) is 24.3 Å². The van der Waals surface area contributed by atoms with E-state index < -0.39 is 26.1 Å². The molecule has 1 rings (SSSR count). The number of carbonyl (C=O) groups is 1. The summed E-state index contributed by atoms with van der Waals surface area (Å²) in [6.07, 6.45) is 1.87. The molecule has 0 N–H and O–H groups in total. The number of esters is 1. The van der Waals surface area contributed by atoms with E-state index in [1.807, 2.05) is 13.0 Å². The summed E-state index contributed by atoms with van der Waals surface area (Å²) in [7, 11) is -2.30. The quantitative estimate of drug-likeness (QED) is 0.187. The van der Waals surface area contributed by atoms with Gasteiger partial charge in [-0.25, -0.2) is 0 Å². The van der Waals surface area contributed by atoms with Crippen molar-refractivity contribution in [2.75, 3.05) is 12.5 Å². The van der Waals surface area contributed by atoms with E-state index in [9.17, 15) is 9.36 Å². The molecule has 0 spiro atoms. The summed E-state index contributed by atoms with van der Waals surface area (Å²) >= 11 is 5.47. The van der Waals surface area contributed by atoms with Crippen LogP contribution >= 0.6 is 19.6 Å². The van der Waals surface area contributed by atoms with E-state index in [1.165, 1.54) is 0 Å². The van der Waals surface area contributed by atoms with Gasteiger partial charge in [-0.15, -0.1) is 16.1 Å². The third kappa shape index (κ3) is 7.40. The third-order valence-electron chi connectivity index (χ3n) is 2.98. The summed E-state index contributed by atoms with van der Waals surface area (Å²) in [5, 5.41) is 0. The fraction of sp³-hybridized carbons (Fsp3) is 0.562. The van der Waals surface area contributed by atoms with Crippen molar-refractivity contribution in [3.8, 4) is 0 Å². The molecule has 7 heteroatoms. The highest BCUT2D eigenvalue weighted by atomic mass is 35.5. The normalized spacial score (nSPS) is 14.1. The summed E-state index contributed by atoms with van der Waals surface area (Å²) in [4.78, 5) is 11.5. The summed E-state index contributed by atoms with van der Waals surface area (Å²) in [6, 6.07) is 8.81. The van der Waals surface area contributed by atoms with Crippen LogP contribution in [0.1, 0.15) is 44.5 Å². The topological polar surface area (TPSA) is 61.8 Å². The molecule has 0 saturated heterocycles. The Morgan fingerprint density at radius 1 is 1.26 bits per heavy atom. The highest BCUT2D eigenvalue weighted by Gasteiger charge is 2.40. The van der Waals surface area contributed by atoms with Crippen LogP contribution in [-0.2, 0) is 23.4 Å². The molecule has 23 heavy (non-hydrogen) atoms. The fourth-order valence-electron chi connectivity index (χ4n) is 1.76. The van der Waals surface area contributed by atoms with Crippen molar-refractivity contribution in [2.45, 2.75) is 45.2 Å². The first-order valence-corrected chi connectivity index (χ1v) is 9.45. The maximum atomic E-state index is 12.5. The van der Waals surface area contributed by atoms with E-state index >= 15 is 0 Å². The lowest BCUT2D eigenvalue weighted by atomic mass is 10.2. The first-order valence-electron chi connectivity index (χ1n) is 7.67. The van der Waals surface area contributed by atoms with E-state index in [0.29, 0.717) is 18.6 Å². The number of carbonyl (C=O) groups excluding carboxylic acids is 1. The molecule has 3 atom stereocenters. The summed E-state index contributed by atoms with van der Waals surface area (Å²) < 4.78 is 28.7. The molecule has 0 saturated carbocycles. The van der Waals surface area contributed by atoms with Gasteiger partial charge in [-0.1, -0.05) is 50.6 Å². The standard InChI is InChI=1S/C16H23ClO5P/c1-3-5-11-20-15(4-2)22-23(19)16(21-14(18)12-17)13-9-7-6-8-10-13/h6-10,15-16H,3-5,11-12H2,1-2H3/q+1. The number of benzene rings is 1. The van der Waals surface area contributed by atoms with Gasteiger partial charge in [0, 0.05) is 18.6 Å². The molecular formula is C16H23ClO5P+. The zero-order valence-electron chi connectivity index (χ0n) is 13.4. The van der Waals surface area contributed by atoms with Crippen LogP contribution in [0.5, 0.6) is 0 Å². The smallest absolute Gasteiger partial charge is 0.409 e. The Kier molecular flexibility index (Phi) is 10.0. The second-order valence-electron chi connectivity index (χ2n) is 4.84. The molecule has 1 aromatic rings. The molecule has 0 bridgehead atoms. The van der Waals surface area contributed by atoms with Gasteiger partial charge in [0.05, 0.1) is 0 Å². The van der Waals surface area contributed by atoms with Crippen molar-refractivity contribution < 1.29 is 23.4 Å². The maximum absolute atomic E-state index is 12.5. The van der Waals surface area contributed by atoms with Crippen molar-refractivity contribution in [2.24, 2.45) is 0 Å². The number of halogens is 1. The summed E-state index contributed by atoms with van der Waals surface area (Å²) in [6.45, 7) is 4.47. The van der Waals surface area contributed by atoms with E-state index in [2.05, 4.69) is 6.92 Å². The predicted molar refractivity (Wildman–Crippen MR) is 89.6 cm³/mol. The fourth-order valence-corrected chi connectivity index (χ4v) is 2.99. The Bertz CT molecular complexity index is 483. The average molecular weight is 362 g/mol. The molecule has 0 heterocycles. The number of alkyl halides is 1. The molecule has 0 aliphatic carbocycles. The average Bonchev–Trinajstić information content (AvgIpc) is 2.59. The van der Waals surface area contributed by atoms with E-state index in [-0.39, 0.29) is 5.88 Å². The Balaban J connectivity index is 2.76. The van der Waals surface area contributed by atoms with Gasteiger partial charge < -0.3 is 9.47 Å². The number of rotatable bonds is 11. The van der Waals surface area contributed by atoms with Gasteiger partial charge in [0.1, 0.15) is 5.88 Å². The number of hydrogen-bond donors (Lipinski definition) is 0. The van der Waals surface area contributed by atoms with Crippen molar-refractivity contribution in [1.82, 2.24) is 0 Å². The highest BCUT2D eigenvalue weighted by molar-refractivity contribution is 7.39. The second-order valence-corrected chi connectivity index (χ2v) is 6.36. The SMILES string of the molecule is CCCCOC(CC)O[P+](=O)C(OC(=O)CCl)c1ccccc1. The van der Waals surface area contributed by atoms with Crippen molar-refractivity contribution in [3.63, 3.8) is 0 Å². The van der Waals surface area contributed by atoms with Crippen LogP contribution in [0.2, 0.25) is 0 Å². The minimum atomic E-state index is -2.30. The van der Waals surface area contributed by atoms with Gasteiger partial charge >= 0.3 is 19.8 Å². The van der Waals surface area contributed by atoms with Crippen molar-refractivity contribution in [3.05, 3.63) is 35.9 Å².